The Morgan fingerprint density at radius 1 is 0.323 bits per heavy atom. The fraction of sp³-hybridized carbons (Fsp3) is 0.712. The van der Waals surface area contributed by atoms with Gasteiger partial charge in [-0.2, -0.15) is 0 Å². The Morgan fingerprint density at radius 2 is 0.600 bits per heavy atom. The van der Waals surface area contributed by atoms with Crippen LogP contribution in [0.15, 0.2) is 85.1 Å². The molecule has 0 aromatic heterocycles. The van der Waals surface area contributed by atoms with Crippen LogP contribution in [0.25, 0.3) is 0 Å². The molecule has 65 heavy (non-hydrogen) atoms. The molecule has 0 aliphatic rings. The lowest BCUT2D eigenvalue weighted by atomic mass is 10.1. The van der Waals surface area contributed by atoms with Crippen LogP contribution in [0.3, 0.4) is 0 Å². The van der Waals surface area contributed by atoms with E-state index in [4.69, 9.17) is 14.2 Å². The van der Waals surface area contributed by atoms with Gasteiger partial charge < -0.3 is 14.2 Å². The number of hydrogen-bond acceptors (Lipinski definition) is 6. The van der Waals surface area contributed by atoms with E-state index in [2.05, 4.69) is 106 Å². The highest BCUT2D eigenvalue weighted by Crippen LogP contribution is 2.14. The van der Waals surface area contributed by atoms with E-state index in [0.29, 0.717) is 12.8 Å². The molecule has 0 heterocycles. The number of hydrogen-bond donors (Lipinski definition) is 0. The number of ether oxygens (including phenoxy) is 3. The fourth-order valence-electron chi connectivity index (χ4n) is 7.32. The summed E-state index contributed by atoms with van der Waals surface area (Å²) in [6.45, 7) is 6.44. The van der Waals surface area contributed by atoms with Gasteiger partial charge in [0.25, 0.3) is 0 Å². The lowest BCUT2D eigenvalue weighted by Crippen LogP contribution is -2.30. The first-order chi connectivity index (χ1) is 32.0. The van der Waals surface area contributed by atoms with E-state index in [1.54, 1.807) is 0 Å². The van der Waals surface area contributed by atoms with Gasteiger partial charge in [-0.15, -0.1) is 0 Å². The van der Waals surface area contributed by atoms with Crippen LogP contribution >= 0.6 is 0 Å². The van der Waals surface area contributed by atoms with Crippen LogP contribution in [0.5, 0.6) is 0 Å². The zero-order valence-corrected chi connectivity index (χ0v) is 42.5. The number of unbranched alkanes of at least 4 members (excludes halogenated alkanes) is 23. The average Bonchev–Trinajstić information content (AvgIpc) is 3.30. The van der Waals surface area contributed by atoms with Gasteiger partial charge in [-0.1, -0.05) is 221 Å². The molecule has 0 aliphatic carbocycles. The van der Waals surface area contributed by atoms with E-state index in [0.717, 1.165) is 103 Å². The third-order valence-electron chi connectivity index (χ3n) is 11.4. The first-order valence-electron chi connectivity index (χ1n) is 27.1. The van der Waals surface area contributed by atoms with E-state index in [1.165, 1.54) is 109 Å². The molecule has 0 rings (SSSR count). The molecule has 0 N–H and O–H groups in total. The third kappa shape index (κ3) is 51.4. The van der Waals surface area contributed by atoms with E-state index < -0.39 is 6.10 Å². The molecule has 6 heteroatoms. The molecule has 6 nitrogen and oxygen atoms in total. The Balaban J connectivity index is 4.30. The van der Waals surface area contributed by atoms with Gasteiger partial charge in [0.1, 0.15) is 13.2 Å². The van der Waals surface area contributed by atoms with Gasteiger partial charge in [-0.25, -0.2) is 0 Å². The zero-order valence-electron chi connectivity index (χ0n) is 42.5. The average molecular weight is 905 g/mol. The number of allylic oxidation sites excluding steroid dienone is 14. The minimum Gasteiger partial charge on any atom is -0.462 e. The minimum absolute atomic E-state index is 0.0912. The molecular weight excluding hydrogens is 805 g/mol. The largest absolute Gasteiger partial charge is 0.462 e. The molecule has 372 valence electrons. The summed E-state index contributed by atoms with van der Waals surface area (Å²) < 4.78 is 16.7. The highest BCUT2D eigenvalue weighted by molar-refractivity contribution is 5.71. The minimum atomic E-state index is -0.793. The smallest absolute Gasteiger partial charge is 0.306 e. The summed E-state index contributed by atoms with van der Waals surface area (Å²) in [5.41, 5.74) is 0. The summed E-state index contributed by atoms with van der Waals surface area (Å²) >= 11 is 0. The standard InChI is InChI=1S/C59H100O6/c1-4-7-10-13-16-18-20-22-24-26-28-29-31-32-34-36-38-40-43-46-49-52-58(61)64-55-56(54-63-57(60)51-48-45-42-15-12-9-6-3)65-59(62)53-50-47-44-41-39-37-35-33-30-27-25-23-21-19-17-14-11-8-5-2/h8,11,17,19-20,22-23,25-26,28,30,33,37,39,56H,4-7,9-10,12-16,18,21,24,27,29,31-32,34-36,38,40-55H2,1-3H3/b11-8-,19-17-,22-20-,25-23-,28-26-,33-30-,39-37-. The van der Waals surface area contributed by atoms with Crippen LogP contribution in [-0.4, -0.2) is 37.2 Å². The third-order valence-corrected chi connectivity index (χ3v) is 11.4. The van der Waals surface area contributed by atoms with E-state index in [-0.39, 0.29) is 37.5 Å². The molecule has 0 spiro atoms. The monoisotopic (exact) mass is 905 g/mol. The Hall–Kier alpha value is -3.41. The van der Waals surface area contributed by atoms with Crippen LogP contribution in [0.4, 0.5) is 0 Å². The van der Waals surface area contributed by atoms with Gasteiger partial charge in [0.15, 0.2) is 6.10 Å². The molecule has 0 saturated carbocycles. The predicted octanol–water partition coefficient (Wildman–Crippen LogP) is 18.0. The molecular formula is C59H100O6. The van der Waals surface area contributed by atoms with Gasteiger partial charge in [-0.3, -0.25) is 14.4 Å². The van der Waals surface area contributed by atoms with Crippen molar-refractivity contribution in [2.45, 2.75) is 258 Å². The molecule has 1 atom stereocenters. The molecule has 0 fully saturated rings. The SMILES string of the molecule is CC/C=C\C/C=C\C/C=C\C/C=C\C/C=C\CCCCCC(=O)OC(COC(=O)CCCCCCCCC)COC(=O)CCCCCCCCCCC/C=C\C/C=C\CCCCCCC. The topological polar surface area (TPSA) is 78.9 Å². The number of rotatable bonds is 48. The maximum absolute atomic E-state index is 12.8. The summed E-state index contributed by atoms with van der Waals surface area (Å²) in [6.07, 6.45) is 68.7. The molecule has 0 bridgehead atoms. The zero-order chi connectivity index (χ0) is 47.2. The quantitative estimate of drug-likeness (QED) is 0.0262. The molecule has 0 aromatic rings. The maximum atomic E-state index is 12.8. The van der Waals surface area contributed by atoms with Gasteiger partial charge in [0.2, 0.25) is 0 Å². The highest BCUT2D eigenvalue weighted by Gasteiger charge is 2.19. The Bertz CT molecular complexity index is 1270. The number of carbonyl (C=O) groups is 3. The second-order valence-corrected chi connectivity index (χ2v) is 17.8. The van der Waals surface area contributed by atoms with Gasteiger partial charge in [-0.05, 0) is 96.3 Å². The van der Waals surface area contributed by atoms with Crippen LogP contribution < -0.4 is 0 Å². The van der Waals surface area contributed by atoms with Crippen molar-refractivity contribution in [2.75, 3.05) is 13.2 Å². The van der Waals surface area contributed by atoms with Crippen molar-refractivity contribution in [1.82, 2.24) is 0 Å². The number of carbonyl (C=O) groups excluding carboxylic acids is 3. The molecule has 0 radical (unpaired) electrons. The van der Waals surface area contributed by atoms with Gasteiger partial charge in [0, 0.05) is 19.3 Å². The second kappa shape index (κ2) is 53.2. The summed E-state index contributed by atoms with van der Waals surface area (Å²) in [5, 5.41) is 0. The molecule has 0 aromatic carbocycles. The van der Waals surface area contributed by atoms with E-state index in [9.17, 15) is 14.4 Å². The lowest BCUT2D eigenvalue weighted by molar-refractivity contribution is -0.167. The van der Waals surface area contributed by atoms with Crippen molar-refractivity contribution >= 4 is 17.9 Å². The predicted molar refractivity (Wildman–Crippen MR) is 279 cm³/mol. The highest BCUT2D eigenvalue weighted by atomic mass is 16.6. The molecule has 0 aliphatic heterocycles. The van der Waals surface area contributed by atoms with Gasteiger partial charge >= 0.3 is 17.9 Å². The Labute approximate surface area is 401 Å². The maximum Gasteiger partial charge on any atom is 0.306 e. The van der Waals surface area contributed by atoms with Crippen LogP contribution in [-0.2, 0) is 28.6 Å². The lowest BCUT2D eigenvalue weighted by Gasteiger charge is -2.18. The Kier molecular flexibility index (Phi) is 50.4. The number of esters is 3. The first kappa shape index (κ1) is 61.6. The molecule has 1 unspecified atom stereocenters. The van der Waals surface area contributed by atoms with Crippen LogP contribution in [0.1, 0.15) is 252 Å². The molecule has 0 saturated heterocycles. The van der Waals surface area contributed by atoms with Crippen LogP contribution in [0, 0.1) is 0 Å². The normalized spacial score (nSPS) is 12.7. The van der Waals surface area contributed by atoms with Crippen molar-refractivity contribution < 1.29 is 28.6 Å². The fourth-order valence-corrected chi connectivity index (χ4v) is 7.32. The summed E-state index contributed by atoms with van der Waals surface area (Å²) in [7, 11) is 0. The van der Waals surface area contributed by atoms with E-state index >= 15 is 0 Å². The van der Waals surface area contributed by atoms with Crippen molar-refractivity contribution in [2.24, 2.45) is 0 Å². The Morgan fingerprint density at radius 3 is 0.954 bits per heavy atom. The summed E-state index contributed by atoms with van der Waals surface area (Å²) in [6, 6.07) is 0. The van der Waals surface area contributed by atoms with Crippen LogP contribution in [0.2, 0.25) is 0 Å². The summed E-state index contributed by atoms with van der Waals surface area (Å²) in [5.74, 6) is -0.933. The van der Waals surface area contributed by atoms with Crippen molar-refractivity contribution in [3.05, 3.63) is 85.1 Å². The van der Waals surface area contributed by atoms with Crippen molar-refractivity contribution in [3.8, 4) is 0 Å². The second-order valence-electron chi connectivity index (χ2n) is 17.8. The van der Waals surface area contributed by atoms with E-state index in [1.807, 2.05) is 0 Å². The molecule has 0 amide bonds. The van der Waals surface area contributed by atoms with Crippen molar-refractivity contribution in [1.29, 1.82) is 0 Å². The van der Waals surface area contributed by atoms with Gasteiger partial charge in [0.05, 0.1) is 0 Å². The van der Waals surface area contributed by atoms with Crippen molar-refractivity contribution in [3.63, 3.8) is 0 Å². The summed E-state index contributed by atoms with van der Waals surface area (Å²) in [4.78, 5) is 37.9. The first-order valence-corrected chi connectivity index (χ1v) is 27.1.